The maximum absolute atomic E-state index is 11.8. The Bertz CT molecular complexity index is 845. The van der Waals surface area contributed by atoms with Crippen molar-refractivity contribution in [1.82, 2.24) is 5.32 Å². The van der Waals surface area contributed by atoms with Crippen molar-refractivity contribution < 1.29 is 14.3 Å². The molecule has 1 aliphatic rings. The second-order valence-corrected chi connectivity index (χ2v) is 6.57. The lowest BCUT2D eigenvalue weighted by Crippen LogP contribution is -2.27. The molecule has 2 aromatic rings. The summed E-state index contributed by atoms with van der Waals surface area (Å²) >= 11 is 15.8. The van der Waals surface area contributed by atoms with Crippen molar-refractivity contribution in [1.29, 1.82) is 0 Å². The number of hydrogen-bond donors (Lipinski definition) is 1. The molecule has 0 radical (unpaired) electrons. The molecule has 5 nitrogen and oxygen atoms in total. The van der Waals surface area contributed by atoms with Crippen LogP contribution in [0.4, 0.5) is 10.5 Å². The lowest BCUT2D eigenvalue weighted by Gasteiger charge is -2.17. The van der Waals surface area contributed by atoms with Crippen LogP contribution < -0.4 is 15.0 Å². The Morgan fingerprint density at radius 3 is 2.17 bits per heavy atom. The standard InChI is InChI=1S/C16H9BrCl2N2O3/c1-8-15(22)20-16(23)21(8)10-6-12(18)14(13(19)7-10)24-11-4-2-9(17)3-5-11/h2-7H,1H2,(H,20,22,23). The lowest BCUT2D eigenvalue weighted by molar-refractivity contribution is -0.115. The van der Waals surface area contributed by atoms with Gasteiger partial charge in [0.15, 0.2) is 5.75 Å². The number of anilines is 1. The topological polar surface area (TPSA) is 58.6 Å². The van der Waals surface area contributed by atoms with Crippen LogP contribution in [0.3, 0.4) is 0 Å². The zero-order chi connectivity index (χ0) is 17.4. The van der Waals surface area contributed by atoms with E-state index < -0.39 is 11.9 Å². The van der Waals surface area contributed by atoms with Crippen molar-refractivity contribution in [3.63, 3.8) is 0 Å². The van der Waals surface area contributed by atoms with Crippen LogP contribution in [0.15, 0.2) is 53.1 Å². The van der Waals surface area contributed by atoms with Crippen LogP contribution in [-0.4, -0.2) is 11.9 Å². The first kappa shape index (κ1) is 16.8. The van der Waals surface area contributed by atoms with Crippen molar-refractivity contribution in [2.45, 2.75) is 0 Å². The predicted molar refractivity (Wildman–Crippen MR) is 95.8 cm³/mol. The number of hydrogen-bond acceptors (Lipinski definition) is 3. The average Bonchev–Trinajstić information content (AvgIpc) is 2.77. The van der Waals surface area contributed by atoms with Gasteiger partial charge in [0.2, 0.25) is 0 Å². The van der Waals surface area contributed by atoms with Crippen molar-refractivity contribution >= 4 is 56.8 Å². The van der Waals surface area contributed by atoms with Crippen molar-refractivity contribution in [2.75, 3.05) is 4.90 Å². The molecule has 24 heavy (non-hydrogen) atoms. The molecule has 3 rings (SSSR count). The van der Waals surface area contributed by atoms with E-state index >= 15 is 0 Å². The molecule has 8 heteroatoms. The van der Waals surface area contributed by atoms with Gasteiger partial charge in [0.1, 0.15) is 11.4 Å². The Kier molecular flexibility index (Phi) is 4.54. The van der Waals surface area contributed by atoms with Gasteiger partial charge in [0.05, 0.1) is 15.7 Å². The molecule has 0 unspecified atom stereocenters. The molecule has 0 saturated carbocycles. The Balaban J connectivity index is 1.94. The third kappa shape index (κ3) is 3.13. The quantitative estimate of drug-likeness (QED) is 0.546. The average molecular weight is 428 g/mol. The molecule has 2 aromatic carbocycles. The molecule has 0 bridgehead atoms. The largest absolute Gasteiger partial charge is 0.454 e. The maximum atomic E-state index is 11.8. The highest BCUT2D eigenvalue weighted by molar-refractivity contribution is 9.10. The highest BCUT2D eigenvalue weighted by Crippen LogP contribution is 2.41. The number of carbonyl (C=O) groups excluding carboxylic acids is 2. The number of halogens is 3. The van der Waals surface area contributed by atoms with E-state index in [1.165, 1.54) is 12.1 Å². The zero-order valence-electron chi connectivity index (χ0n) is 12.0. The summed E-state index contributed by atoms with van der Waals surface area (Å²) < 4.78 is 6.60. The van der Waals surface area contributed by atoms with E-state index in [1.807, 2.05) is 12.1 Å². The number of urea groups is 1. The SMILES string of the molecule is C=C1C(=O)NC(=O)N1c1cc(Cl)c(Oc2ccc(Br)cc2)c(Cl)c1. The molecular formula is C16H9BrCl2N2O3. The van der Waals surface area contributed by atoms with Gasteiger partial charge in [-0.05, 0) is 36.4 Å². The summed E-state index contributed by atoms with van der Waals surface area (Å²) in [4.78, 5) is 24.4. The minimum absolute atomic E-state index is 0.00582. The number of amides is 3. The minimum Gasteiger partial charge on any atom is -0.454 e. The van der Waals surface area contributed by atoms with E-state index in [0.717, 1.165) is 9.37 Å². The predicted octanol–water partition coefficient (Wildman–Crippen LogP) is 5.12. The summed E-state index contributed by atoms with van der Waals surface area (Å²) in [5.41, 5.74) is 0.315. The molecule has 0 atom stereocenters. The molecule has 0 spiro atoms. The molecule has 1 fully saturated rings. The van der Waals surface area contributed by atoms with Crippen LogP contribution in [0, 0.1) is 0 Å². The maximum Gasteiger partial charge on any atom is 0.333 e. The van der Waals surface area contributed by atoms with Gasteiger partial charge >= 0.3 is 6.03 Å². The van der Waals surface area contributed by atoms with Gasteiger partial charge < -0.3 is 4.74 Å². The van der Waals surface area contributed by atoms with E-state index in [4.69, 9.17) is 27.9 Å². The van der Waals surface area contributed by atoms with Crippen LogP contribution in [0.2, 0.25) is 10.0 Å². The number of imide groups is 1. The summed E-state index contributed by atoms with van der Waals surface area (Å²) in [5, 5.41) is 2.53. The van der Waals surface area contributed by atoms with Crippen LogP contribution in [0.5, 0.6) is 11.5 Å². The summed E-state index contributed by atoms with van der Waals surface area (Å²) in [6, 6.07) is 9.47. The Hall–Kier alpha value is -2.02. The van der Waals surface area contributed by atoms with Crippen LogP contribution in [-0.2, 0) is 4.79 Å². The second-order valence-electron chi connectivity index (χ2n) is 4.84. The number of nitrogens with one attached hydrogen (secondary N) is 1. The first-order chi connectivity index (χ1) is 11.4. The van der Waals surface area contributed by atoms with Gasteiger partial charge in [-0.25, -0.2) is 4.79 Å². The number of nitrogens with zero attached hydrogens (tertiary/aromatic N) is 1. The lowest BCUT2D eigenvalue weighted by atomic mass is 10.2. The molecule has 1 aliphatic heterocycles. The normalized spacial score (nSPS) is 14.1. The van der Waals surface area contributed by atoms with Gasteiger partial charge in [0, 0.05) is 4.47 Å². The summed E-state index contributed by atoms with van der Waals surface area (Å²) in [5.74, 6) is 0.233. The van der Waals surface area contributed by atoms with Gasteiger partial charge in [-0.3, -0.25) is 15.0 Å². The van der Waals surface area contributed by atoms with E-state index in [1.54, 1.807) is 12.1 Å². The molecule has 1 saturated heterocycles. The first-order valence-corrected chi connectivity index (χ1v) is 8.18. The molecule has 0 aliphatic carbocycles. The number of benzene rings is 2. The monoisotopic (exact) mass is 426 g/mol. The smallest absolute Gasteiger partial charge is 0.333 e. The highest BCUT2D eigenvalue weighted by Gasteiger charge is 2.33. The summed E-state index contributed by atoms with van der Waals surface area (Å²) in [6.45, 7) is 3.57. The summed E-state index contributed by atoms with van der Waals surface area (Å²) in [7, 11) is 0. The first-order valence-electron chi connectivity index (χ1n) is 6.63. The number of ether oxygens (including phenoxy) is 1. The number of rotatable bonds is 3. The van der Waals surface area contributed by atoms with Gasteiger partial charge in [0.25, 0.3) is 5.91 Å². The van der Waals surface area contributed by atoms with E-state index in [0.29, 0.717) is 11.4 Å². The Morgan fingerprint density at radius 2 is 1.67 bits per heavy atom. The van der Waals surface area contributed by atoms with Crippen molar-refractivity contribution in [3.05, 3.63) is 63.2 Å². The molecular weight excluding hydrogens is 419 g/mol. The third-order valence-electron chi connectivity index (χ3n) is 3.23. The van der Waals surface area contributed by atoms with Gasteiger partial charge in [-0.15, -0.1) is 0 Å². The number of carbonyl (C=O) groups is 2. The fraction of sp³-hybridized carbons (Fsp3) is 0. The Morgan fingerprint density at radius 1 is 1.08 bits per heavy atom. The molecule has 1 heterocycles. The van der Waals surface area contributed by atoms with E-state index in [2.05, 4.69) is 27.8 Å². The molecule has 1 N–H and O–H groups in total. The fourth-order valence-electron chi connectivity index (χ4n) is 2.12. The Labute approximate surface area is 155 Å². The van der Waals surface area contributed by atoms with Crippen LogP contribution >= 0.6 is 39.1 Å². The van der Waals surface area contributed by atoms with Crippen molar-refractivity contribution in [2.24, 2.45) is 0 Å². The van der Waals surface area contributed by atoms with Crippen molar-refractivity contribution in [3.8, 4) is 11.5 Å². The highest BCUT2D eigenvalue weighted by atomic mass is 79.9. The molecule has 3 amide bonds. The van der Waals surface area contributed by atoms with Crippen LogP contribution in [0.25, 0.3) is 0 Å². The fourth-order valence-corrected chi connectivity index (χ4v) is 2.93. The minimum atomic E-state index is -0.612. The zero-order valence-corrected chi connectivity index (χ0v) is 15.1. The molecule has 0 aromatic heterocycles. The van der Waals surface area contributed by atoms with E-state index in [9.17, 15) is 9.59 Å². The van der Waals surface area contributed by atoms with Crippen LogP contribution in [0.1, 0.15) is 0 Å². The second kappa shape index (κ2) is 6.47. The van der Waals surface area contributed by atoms with Gasteiger partial charge in [-0.1, -0.05) is 45.7 Å². The molecule has 122 valence electrons. The third-order valence-corrected chi connectivity index (χ3v) is 4.32. The summed E-state index contributed by atoms with van der Waals surface area (Å²) in [6.07, 6.45) is 0. The van der Waals surface area contributed by atoms with Gasteiger partial charge in [-0.2, -0.15) is 0 Å². The van der Waals surface area contributed by atoms with E-state index in [-0.39, 0.29) is 21.5 Å².